The number of nitrogens with zero attached hydrogens (tertiary/aromatic N) is 2. The van der Waals surface area contributed by atoms with Crippen LogP contribution in [0.2, 0.25) is 5.28 Å². The molecule has 0 atom stereocenters. The highest BCUT2D eigenvalue weighted by atomic mass is 79.9. The summed E-state index contributed by atoms with van der Waals surface area (Å²) in [6.07, 6.45) is 0.933. The molecule has 3 N–H and O–H groups in total. The fourth-order valence-electron chi connectivity index (χ4n) is 2.34. The number of aryl methyl sites for hydroxylation is 1. The maximum atomic E-state index is 5.97. The van der Waals surface area contributed by atoms with Crippen molar-refractivity contribution in [2.75, 3.05) is 17.7 Å². The lowest BCUT2D eigenvalue weighted by Crippen LogP contribution is -2.08. The fraction of sp³-hybridized carbons (Fsp3) is 0.286. The van der Waals surface area contributed by atoms with Gasteiger partial charge >= 0.3 is 0 Å². The van der Waals surface area contributed by atoms with Gasteiger partial charge in [-0.2, -0.15) is 4.98 Å². The van der Waals surface area contributed by atoms with E-state index in [2.05, 4.69) is 37.3 Å². The summed E-state index contributed by atoms with van der Waals surface area (Å²) in [7, 11) is 0. The van der Waals surface area contributed by atoms with Crippen LogP contribution in [-0.2, 0) is 13.0 Å². The van der Waals surface area contributed by atoms with Crippen LogP contribution in [0.4, 0.5) is 11.5 Å². The molecule has 2 heterocycles. The van der Waals surface area contributed by atoms with Gasteiger partial charge in [-0.15, -0.1) is 0 Å². The van der Waals surface area contributed by atoms with E-state index in [9.17, 15) is 0 Å². The van der Waals surface area contributed by atoms with E-state index in [4.69, 9.17) is 22.1 Å². The van der Waals surface area contributed by atoms with Crippen LogP contribution in [0.25, 0.3) is 0 Å². The van der Waals surface area contributed by atoms with Gasteiger partial charge in [0.1, 0.15) is 5.75 Å². The van der Waals surface area contributed by atoms with Crippen molar-refractivity contribution >= 4 is 39.0 Å². The first-order valence-corrected chi connectivity index (χ1v) is 7.69. The van der Waals surface area contributed by atoms with Gasteiger partial charge in [-0.25, -0.2) is 4.98 Å². The number of halogens is 2. The molecule has 0 spiro atoms. The highest BCUT2D eigenvalue weighted by molar-refractivity contribution is 9.10. The minimum Gasteiger partial charge on any atom is -0.493 e. The van der Waals surface area contributed by atoms with E-state index in [0.29, 0.717) is 23.7 Å². The van der Waals surface area contributed by atoms with E-state index in [1.165, 1.54) is 5.56 Å². The molecule has 1 aliphatic heterocycles. The Morgan fingerprint density at radius 3 is 3.05 bits per heavy atom. The monoisotopic (exact) mass is 368 g/mol. The van der Waals surface area contributed by atoms with Crippen molar-refractivity contribution in [2.24, 2.45) is 0 Å². The quantitative estimate of drug-likeness (QED) is 0.812. The van der Waals surface area contributed by atoms with Crippen LogP contribution in [0, 0.1) is 6.92 Å². The smallest absolute Gasteiger partial charge is 0.224 e. The van der Waals surface area contributed by atoms with Crippen LogP contribution in [0.15, 0.2) is 16.6 Å². The number of hydrogen-bond acceptors (Lipinski definition) is 5. The van der Waals surface area contributed by atoms with Gasteiger partial charge in [0.05, 0.1) is 18.0 Å². The van der Waals surface area contributed by atoms with Gasteiger partial charge in [0, 0.05) is 23.0 Å². The highest BCUT2D eigenvalue weighted by Gasteiger charge is 2.18. The SMILES string of the molecule is Cc1nc(Cl)nc(NCc2cc(Br)cc3c2OCC3)c1N. The molecule has 0 radical (unpaired) electrons. The predicted molar refractivity (Wildman–Crippen MR) is 86.9 cm³/mol. The largest absolute Gasteiger partial charge is 0.493 e. The van der Waals surface area contributed by atoms with E-state index in [1.807, 2.05) is 6.07 Å². The molecule has 0 saturated heterocycles. The molecular formula is C14H14BrClN4O. The van der Waals surface area contributed by atoms with Crippen LogP contribution >= 0.6 is 27.5 Å². The van der Waals surface area contributed by atoms with Crippen molar-refractivity contribution in [2.45, 2.75) is 19.9 Å². The third-order valence-electron chi connectivity index (χ3n) is 3.38. The molecule has 1 aliphatic rings. The summed E-state index contributed by atoms with van der Waals surface area (Å²) in [5.41, 5.74) is 9.41. The molecule has 1 aromatic heterocycles. The van der Waals surface area contributed by atoms with Crippen molar-refractivity contribution in [3.63, 3.8) is 0 Å². The highest BCUT2D eigenvalue weighted by Crippen LogP contribution is 2.33. The second kappa shape index (κ2) is 5.69. The zero-order valence-corrected chi connectivity index (χ0v) is 13.8. The Morgan fingerprint density at radius 1 is 1.43 bits per heavy atom. The summed E-state index contributed by atoms with van der Waals surface area (Å²) in [5.74, 6) is 1.49. The molecular weight excluding hydrogens is 356 g/mol. The Morgan fingerprint density at radius 2 is 2.24 bits per heavy atom. The minimum absolute atomic E-state index is 0.180. The lowest BCUT2D eigenvalue weighted by atomic mass is 10.1. The topological polar surface area (TPSA) is 73.1 Å². The van der Waals surface area contributed by atoms with Crippen LogP contribution in [-0.4, -0.2) is 16.6 Å². The zero-order chi connectivity index (χ0) is 15.0. The summed E-state index contributed by atoms with van der Waals surface area (Å²) < 4.78 is 6.74. The summed E-state index contributed by atoms with van der Waals surface area (Å²) in [5, 5.41) is 3.39. The van der Waals surface area contributed by atoms with Gasteiger partial charge in [0.15, 0.2) is 5.82 Å². The number of ether oxygens (including phenoxy) is 1. The number of nitrogens with two attached hydrogens (primary N) is 1. The second-order valence-electron chi connectivity index (χ2n) is 4.85. The Hall–Kier alpha value is -1.53. The zero-order valence-electron chi connectivity index (χ0n) is 11.4. The van der Waals surface area contributed by atoms with Crippen molar-refractivity contribution in [1.82, 2.24) is 9.97 Å². The standard InChI is InChI=1S/C14H14BrClN4O/c1-7-11(17)13(20-14(16)19-7)18-6-9-5-10(15)4-8-2-3-21-12(8)9/h4-5H,2-3,6,17H2,1H3,(H,18,19,20). The molecule has 0 amide bonds. The molecule has 3 rings (SSSR count). The van der Waals surface area contributed by atoms with E-state index in [0.717, 1.165) is 28.8 Å². The molecule has 0 fully saturated rings. The van der Waals surface area contributed by atoms with Crippen LogP contribution in [0.3, 0.4) is 0 Å². The molecule has 5 nitrogen and oxygen atoms in total. The average molecular weight is 370 g/mol. The minimum atomic E-state index is 0.180. The first kappa shape index (κ1) is 14.4. The molecule has 2 aromatic rings. The first-order chi connectivity index (χ1) is 10.0. The molecule has 1 aromatic carbocycles. The number of hydrogen-bond donors (Lipinski definition) is 2. The summed E-state index contributed by atoms with van der Waals surface area (Å²) in [4.78, 5) is 8.15. The Kier molecular flexibility index (Phi) is 3.91. The molecule has 0 unspecified atom stereocenters. The van der Waals surface area contributed by atoms with Crippen LogP contribution in [0.5, 0.6) is 5.75 Å². The normalized spacial score (nSPS) is 12.9. The van der Waals surface area contributed by atoms with Crippen molar-refractivity contribution in [1.29, 1.82) is 0 Å². The third kappa shape index (κ3) is 2.91. The van der Waals surface area contributed by atoms with Crippen molar-refractivity contribution < 1.29 is 4.74 Å². The van der Waals surface area contributed by atoms with Gasteiger partial charge in [0.25, 0.3) is 0 Å². The van der Waals surface area contributed by atoms with Gasteiger partial charge in [-0.05, 0) is 36.2 Å². The molecule has 0 aliphatic carbocycles. The Bertz CT molecular complexity index is 708. The van der Waals surface area contributed by atoms with E-state index in [1.54, 1.807) is 6.92 Å². The Labute approximate surface area is 136 Å². The lowest BCUT2D eigenvalue weighted by Gasteiger charge is -2.13. The van der Waals surface area contributed by atoms with Crippen molar-refractivity contribution in [3.8, 4) is 5.75 Å². The number of rotatable bonds is 3. The molecule has 21 heavy (non-hydrogen) atoms. The van der Waals surface area contributed by atoms with Gasteiger partial charge in [-0.1, -0.05) is 15.9 Å². The van der Waals surface area contributed by atoms with E-state index < -0.39 is 0 Å². The van der Waals surface area contributed by atoms with Crippen LogP contribution in [0.1, 0.15) is 16.8 Å². The average Bonchev–Trinajstić information content (AvgIpc) is 2.88. The number of nitrogen functional groups attached to an aromatic ring is 1. The summed E-state index contributed by atoms with van der Waals surface area (Å²) >= 11 is 9.40. The van der Waals surface area contributed by atoms with E-state index in [-0.39, 0.29) is 5.28 Å². The molecule has 7 heteroatoms. The number of aromatic nitrogens is 2. The Balaban J connectivity index is 1.86. The fourth-order valence-corrected chi connectivity index (χ4v) is 3.10. The van der Waals surface area contributed by atoms with E-state index >= 15 is 0 Å². The van der Waals surface area contributed by atoms with Gasteiger partial charge < -0.3 is 15.8 Å². The number of benzene rings is 1. The molecule has 110 valence electrons. The predicted octanol–water partition coefficient (Wildman–Crippen LogP) is 3.33. The second-order valence-corrected chi connectivity index (χ2v) is 6.10. The first-order valence-electron chi connectivity index (χ1n) is 6.52. The summed E-state index contributed by atoms with van der Waals surface area (Å²) in [6, 6.07) is 4.12. The third-order valence-corrected chi connectivity index (χ3v) is 4.01. The molecule has 0 saturated carbocycles. The maximum absolute atomic E-state index is 5.97. The summed E-state index contributed by atoms with van der Waals surface area (Å²) in [6.45, 7) is 3.08. The number of anilines is 2. The van der Waals surface area contributed by atoms with Crippen LogP contribution < -0.4 is 15.8 Å². The van der Waals surface area contributed by atoms with Gasteiger partial charge in [0.2, 0.25) is 5.28 Å². The maximum Gasteiger partial charge on any atom is 0.224 e. The van der Waals surface area contributed by atoms with Crippen molar-refractivity contribution in [3.05, 3.63) is 38.7 Å². The lowest BCUT2D eigenvalue weighted by molar-refractivity contribution is 0.354. The number of fused-ring (bicyclic) bond motifs is 1. The molecule has 0 bridgehead atoms. The number of nitrogens with one attached hydrogen (secondary N) is 1. The van der Waals surface area contributed by atoms with Gasteiger partial charge in [-0.3, -0.25) is 0 Å².